The maximum Gasteiger partial charge on any atom is 0.418 e. The Kier molecular flexibility index (Phi) is 1.88. The van der Waals surface area contributed by atoms with Crippen LogP contribution in [0.1, 0.15) is 13.3 Å². The Morgan fingerprint density at radius 2 is 2.09 bits per heavy atom. The zero-order valence-electron chi connectivity index (χ0n) is 6.07. The van der Waals surface area contributed by atoms with Crippen molar-refractivity contribution < 1.29 is 18.3 Å². The van der Waals surface area contributed by atoms with Gasteiger partial charge in [0, 0.05) is 19.0 Å². The second-order valence-corrected chi connectivity index (χ2v) is 3.02. The van der Waals surface area contributed by atoms with Gasteiger partial charge in [0.05, 0.1) is 0 Å². The molecule has 0 aromatic rings. The molecule has 11 heavy (non-hydrogen) atoms. The van der Waals surface area contributed by atoms with Crippen LogP contribution in [0.25, 0.3) is 0 Å². The number of hydrogen-bond acceptors (Lipinski definition) is 2. The number of halogens is 3. The molecule has 1 rings (SSSR count). The zero-order valence-corrected chi connectivity index (χ0v) is 6.07. The van der Waals surface area contributed by atoms with E-state index in [1.807, 2.05) is 0 Å². The molecule has 1 unspecified atom stereocenters. The van der Waals surface area contributed by atoms with Crippen LogP contribution in [0.15, 0.2) is 0 Å². The van der Waals surface area contributed by atoms with Crippen molar-refractivity contribution in [3.8, 4) is 0 Å². The van der Waals surface area contributed by atoms with Gasteiger partial charge in [-0.2, -0.15) is 13.2 Å². The molecule has 0 bridgehead atoms. The summed E-state index contributed by atoms with van der Waals surface area (Å²) in [5.74, 6) is 0. The molecule has 0 aromatic carbocycles. The Balaban J connectivity index is 2.69. The van der Waals surface area contributed by atoms with Gasteiger partial charge in [0.1, 0.15) is 0 Å². The van der Waals surface area contributed by atoms with E-state index in [-0.39, 0.29) is 12.5 Å². The molecule has 1 fully saturated rings. The monoisotopic (exact) mass is 169 g/mol. The van der Waals surface area contributed by atoms with Gasteiger partial charge >= 0.3 is 6.18 Å². The van der Waals surface area contributed by atoms with Crippen molar-refractivity contribution in [2.45, 2.75) is 31.2 Å². The quantitative estimate of drug-likeness (QED) is 0.558. The van der Waals surface area contributed by atoms with Crippen molar-refractivity contribution in [1.29, 1.82) is 0 Å². The Hall–Kier alpha value is -0.290. The largest absolute Gasteiger partial charge is 0.418 e. The Bertz CT molecular complexity index is 158. The molecule has 0 aromatic heterocycles. The predicted octanol–water partition coefficient (Wildman–Crippen LogP) is 0.662. The minimum atomic E-state index is -4.51. The lowest BCUT2D eigenvalue weighted by Crippen LogP contribution is -2.46. The summed E-state index contributed by atoms with van der Waals surface area (Å²) in [5, 5.41) is 11.6. The summed E-state index contributed by atoms with van der Waals surface area (Å²) in [5.41, 5.74) is -2.51. The van der Waals surface area contributed by atoms with Crippen LogP contribution in [0, 0.1) is 0 Å². The summed E-state index contributed by atoms with van der Waals surface area (Å²) in [6.07, 6.45) is -4.76. The van der Waals surface area contributed by atoms with E-state index in [0.717, 1.165) is 0 Å². The van der Waals surface area contributed by atoms with E-state index in [2.05, 4.69) is 5.32 Å². The van der Waals surface area contributed by atoms with Gasteiger partial charge in [0.2, 0.25) is 0 Å². The third-order valence-electron chi connectivity index (χ3n) is 1.91. The highest BCUT2D eigenvalue weighted by atomic mass is 19.4. The minimum absolute atomic E-state index is 0.253. The van der Waals surface area contributed by atoms with Gasteiger partial charge in [-0.3, -0.25) is 0 Å². The second-order valence-electron chi connectivity index (χ2n) is 3.02. The summed E-state index contributed by atoms with van der Waals surface area (Å²) < 4.78 is 36.1. The van der Waals surface area contributed by atoms with Gasteiger partial charge in [-0.25, -0.2) is 0 Å². The number of rotatable bonds is 0. The van der Waals surface area contributed by atoms with Crippen LogP contribution in [-0.2, 0) is 0 Å². The lowest BCUT2D eigenvalue weighted by Gasteiger charge is -2.24. The summed E-state index contributed by atoms with van der Waals surface area (Å²) >= 11 is 0. The molecule has 1 aliphatic heterocycles. The highest BCUT2D eigenvalue weighted by Gasteiger charge is 2.56. The molecule has 0 radical (unpaired) electrons. The average molecular weight is 169 g/mol. The number of alkyl halides is 3. The zero-order chi connectivity index (χ0) is 8.70. The molecule has 0 spiro atoms. The molecule has 0 saturated carbocycles. The third-order valence-corrected chi connectivity index (χ3v) is 1.91. The van der Waals surface area contributed by atoms with Crippen molar-refractivity contribution in [3.63, 3.8) is 0 Å². The van der Waals surface area contributed by atoms with Crippen LogP contribution in [0.2, 0.25) is 0 Å². The van der Waals surface area contributed by atoms with E-state index < -0.39 is 18.3 Å². The molecule has 0 amide bonds. The van der Waals surface area contributed by atoms with Crippen LogP contribution >= 0.6 is 0 Å². The van der Waals surface area contributed by atoms with E-state index in [1.54, 1.807) is 6.92 Å². The van der Waals surface area contributed by atoms with Crippen LogP contribution in [0.5, 0.6) is 0 Å². The SMILES string of the molecule is C[C@@H]1CC(O)(C(F)(F)F)CN1. The highest BCUT2D eigenvalue weighted by Crippen LogP contribution is 2.36. The van der Waals surface area contributed by atoms with Crippen molar-refractivity contribution >= 4 is 0 Å². The Morgan fingerprint density at radius 3 is 2.27 bits per heavy atom. The van der Waals surface area contributed by atoms with Crippen molar-refractivity contribution in [2.24, 2.45) is 0 Å². The predicted molar refractivity (Wildman–Crippen MR) is 33.1 cm³/mol. The number of aliphatic hydroxyl groups is 1. The van der Waals surface area contributed by atoms with E-state index in [1.165, 1.54) is 0 Å². The molecule has 1 heterocycles. The van der Waals surface area contributed by atoms with Gasteiger partial charge < -0.3 is 10.4 Å². The molecule has 2 atom stereocenters. The van der Waals surface area contributed by atoms with Gasteiger partial charge in [0.25, 0.3) is 0 Å². The van der Waals surface area contributed by atoms with Crippen molar-refractivity contribution in [2.75, 3.05) is 6.54 Å². The maximum absolute atomic E-state index is 12.0. The maximum atomic E-state index is 12.0. The van der Waals surface area contributed by atoms with Gasteiger partial charge in [-0.1, -0.05) is 0 Å². The topological polar surface area (TPSA) is 32.3 Å². The molecule has 5 heteroatoms. The molecular weight excluding hydrogens is 159 g/mol. The fraction of sp³-hybridized carbons (Fsp3) is 1.00. The lowest BCUT2D eigenvalue weighted by molar-refractivity contribution is -0.252. The first-order valence-electron chi connectivity index (χ1n) is 3.38. The van der Waals surface area contributed by atoms with Crippen LogP contribution in [0.4, 0.5) is 13.2 Å². The van der Waals surface area contributed by atoms with Crippen LogP contribution < -0.4 is 5.32 Å². The summed E-state index contributed by atoms with van der Waals surface area (Å²) in [7, 11) is 0. The number of β-amino-alcohol motifs (C(OH)–C–C–N with tert-alkyl or cyclic N) is 1. The van der Waals surface area contributed by atoms with Crippen LogP contribution in [0.3, 0.4) is 0 Å². The Labute approximate surface area is 62.4 Å². The first-order valence-corrected chi connectivity index (χ1v) is 3.38. The first-order chi connectivity index (χ1) is 4.85. The molecule has 1 aliphatic rings. The minimum Gasteiger partial charge on any atom is -0.379 e. The third kappa shape index (κ3) is 1.49. The molecule has 2 nitrogen and oxygen atoms in total. The number of hydrogen-bond donors (Lipinski definition) is 2. The van der Waals surface area contributed by atoms with E-state index in [4.69, 9.17) is 5.11 Å². The molecular formula is C6H10F3NO. The van der Waals surface area contributed by atoms with Crippen molar-refractivity contribution in [1.82, 2.24) is 5.32 Å². The smallest absolute Gasteiger partial charge is 0.379 e. The van der Waals surface area contributed by atoms with Crippen molar-refractivity contribution in [3.05, 3.63) is 0 Å². The Morgan fingerprint density at radius 1 is 1.55 bits per heavy atom. The van der Waals surface area contributed by atoms with E-state index in [9.17, 15) is 13.2 Å². The van der Waals surface area contributed by atoms with Gasteiger partial charge in [-0.15, -0.1) is 0 Å². The van der Waals surface area contributed by atoms with Gasteiger partial charge in [-0.05, 0) is 6.92 Å². The normalized spacial score (nSPS) is 39.5. The molecule has 0 aliphatic carbocycles. The average Bonchev–Trinajstić information content (AvgIpc) is 2.10. The standard InChI is InChI=1S/C6H10F3NO/c1-4-2-5(11,3-10-4)6(7,8)9/h4,10-11H,2-3H2,1H3/t4-,5?/m1/s1. The molecule has 1 saturated heterocycles. The fourth-order valence-corrected chi connectivity index (χ4v) is 1.21. The summed E-state index contributed by atoms with van der Waals surface area (Å²) in [6.45, 7) is 1.22. The summed E-state index contributed by atoms with van der Waals surface area (Å²) in [4.78, 5) is 0. The lowest BCUT2D eigenvalue weighted by atomic mass is 10.0. The van der Waals surface area contributed by atoms with Crippen LogP contribution in [-0.4, -0.2) is 29.5 Å². The van der Waals surface area contributed by atoms with E-state index in [0.29, 0.717) is 0 Å². The first kappa shape index (κ1) is 8.80. The second kappa shape index (κ2) is 2.35. The fourth-order valence-electron chi connectivity index (χ4n) is 1.21. The summed E-state index contributed by atoms with van der Waals surface area (Å²) in [6, 6.07) is -0.262. The number of nitrogens with one attached hydrogen (secondary N) is 1. The van der Waals surface area contributed by atoms with E-state index >= 15 is 0 Å². The molecule has 66 valence electrons. The highest BCUT2D eigenvalue weighted by molar-refractivity contribution is 4.97. The van der Waals surface area contributed by atoms with Gasteiger partial charge in [0.15, 0.2) is 5.60 Å². The molecule has 2 N–H and O–H groups in total.